The van der Waals surface area contributed by atoms with E-state index in [9.17, 15) is 0 Å². The predicted octanol–water partition coefficient (Wildman–Crippen LogP) is 2.48. The number of aromatic nitrogens is 3. The summed E-state index contributed by atoms with van der Waals surface area (Å²) in [5, 5.41) is 0. The van der Waals surface area contributed by atoms with Gasteiger partial charge in [-0.1, -0.05) is 12.1 Å². The second kappa shape index (κ2) is 3.77. The SMILES string of the molecule is c1ccc2c(c1)ncn2Cc1ccncc1. The lowest BCUT2D eigenvalue weighted by Crippen LogP contribution is -1.97. The van der Waals surface area contributed by atoms with Gasteiger partial charge in [-0.3, -0.25) is 4.98 Å². The summed E-state index contributed by atoms with van der Waals surface area (Å²) in [5.74, 6) is 0. The Labute approximate surface area is 93.4 Å². The molecule has 0 saturated heterocycles. The standard InChI is InChI=1S/C13H11N3/c1-2-4-13-12(3-1)15-10-16(13)9-11-5-7-14-8-6-11/h1-8,10H,9H2. The van der Waals surface area contributed by atoms with Gasteiger partial charge >= 0.3 is 0 Å². The van der Waals surface area contributed by atoms with Crippen LogP contribution in [-0.2, 0) is 6.54 Å². The van der Waals surface area contributed by atoms with Gasteiger partial charge in [-0.2, -0.15) is 0 Å². The summed E-state index contributed by atoms with van der Waals surface area (Å²) >= 11 is 0. The van der Waals surface area contributed by atoms with Gasteiger partial charge in [0.2, 0.25) is 0 Å². The Balaban J connectivity index is 2.01. The van der Waals surface area contributed by atoms with Crippen LogP contribution in [0.2, 0.25) is 0 Å². The number of pyridine rings is 1. The molecule has 1 aromatic carbocycles. The van der Waals surface area contributed by atoms with E-state index in [1.54, 1.807) is 0 Å². The summed E-state index contributed by atoms with van der Waals surface area (Å²) < 4.78 is 2.14. The van der Waals surface area contributed by atoms with Gasteiger partial charge < -0.3 is 4.57 Å². The molecule has 3 nitrogen and oxygen atoms in total. The van der Waals surface area contributed by atoms with Gasteiger partial charge in [0, 0.05) is 18.9 Å². The molecule has 0 N–H and O–H groups in total. The molecule has 3 heteroatoms. The monoisotopic (exact) mass is 209 g/mol. The first-order valence-electron chi connectivity index (χ1n) is 5.22. The third kappa shape index (κ3) is 1.56. The first kappa shape index (κ1) is 9.09. The third-order valence-corrected chi connectivity index (χ3v) is 2.63. The number of benzene rings is 1. The smallest absolute Gasteiger partial charge is 0.0961 e. The van der Waals surface area contributed by atoms with Crippen molar-refractivity contribution in [2.24, 2.45) is 0 Å². The second-order valence-corrected chi connectivity index (χ2v) is 3.72. The molecular weight excluding hydrogens is 198 g/mol. The molecule has 16 heavy (non-hydrogen) atoms. The summed E-state index contributed by atoms with van der Waals surface area (Å²) in [6, 6.07) is 12.2. The van der Waals surface area contributed by atoms with E-state index < -0.39 is 0 Å². The van der Waals surface area contributed by atoms with Gasteiger partial charge in [-0.05, 0) is 29.8 Å². The minimum Gasteiger partial charge on any atom is -0.326 e. The lowest BCUT2D eigenvalue weighted by molar-refractivity contribution is 0.822. The number of hydrogen-bond acceptors (Lipinski definition) is 2. The predicted molar refractivity (Wildman–Crippen MR) is 63.1 cm³/mol. The highest BCUT2D eigenvalue weighted by atomic mass is 15.0. The molecule has 0 aliphatic rings. The van der Waals surface area contributed by atoms with E-state index in [4.69, 9.17) is 0 Å². The minimum absolute atomic E-state index is 0.836. The van der Waals surface area contributed by atoms with Crippen LogP contribution in [0, 0.1) is 0 Å². The molecular formula is C13H11N3. The molecule has 3 rings (SSSR count). The molecule has 3 aromatic rings. The van der Waals surface area contributed by atoms with E-state index in [2.05, 4.69) is 20.6 Å². The van der Waals surface area contributed by atoms with Crippen LogP contribution in [0.3, 0.4) is 0 Å². The Morgan fingerprint density at radius 3 is 2.69 bits per heavy atom. The molecule has 0 unspecified atom stereocenters. The van der Waals surface area contributed by atoms with Gasteiger partial charge in [-0.25, -0.2) is 4.98 Å². The Morgan fingerprint density at radius 2 is 1.81 bits per heavy atom. The summed E-state index contributed by atoms with van der Waals surface area (Å²) in [6.45, 7) is 0.836. The largest absolute Gasteiger partial charge is 0.326 e. The summed E-state index contributed by atoms with van der Waals surface area (Å²) in [5.41, 5.74) is 3.44. The van der Waals surface area contributed by atoms with Crippen LogP contribution in [0.5, 0.6) is 0 Å². The van der Waals surface area contributed by atoms with E-state index in [0.29, 0.717) is 0 Å². The fraction of sp³-hybridized carbons (Fsp3) is 0.0769. The summed E-state index contributed by atoms with van der Waals surface area (Å²) in [7, 11) is 0. The molecule has 2 heterocycles. The number of imidazole rings is 1. The molecule has 0 atom stereocenters. The van der Waals surface area contributed by atoms with Crippen LogP contribution < -0.4 is 0 Å². The van der Waals surface area contributed by atoms with Crippen molar-refractivity contribution in [3.63, 3.8) is 0 Å². The van der Waals surface area contributed by atoms with Crippen molar-refractivity contribution in [3.8, 4) is 0 Å². The maximum atomic E-state index is 4.36. The molecule has 0 spiro atoms. The Hall–Kier alpha value is -2.16. The first-order valence-corrected chi connectivity index (χ1v) is 5.22. The highest BCUT2D eigenvalue weighted by Gasteiger charge is 2.01. The van der Waals surface area contributed by atoms with Crippen molar-refractivity contribution >= 4 is 11.0 Å². The molecule has 0 radical (unpaired) electrons. The lowest BCUT2D eigenvalue weighted by atomic mass is 10.2. The lowest BCUT2D eigenvalue weighted by Gasteiger charge is -2.03. The first-order chi connectivity index (χ1) is 7.93. The molecule has 0 aliphatic carbocycles. The number of rotatable bonds is 2. The molecule has 78 valence electrons. The minimum atomic E-state index is 0.836. The van der Waals surface area contributed by atoms with Gasteiger partial charge in [0.05, 0.1) is 17.4 Å². The molecule has 0 amide bonds. The Morgan fingerprint density at radius 1 is 1.00 bits per heavy atom. The van der Waals surface area contributed by atoms with Crippen molar-refractivity contribution in [1.29, 1.82) is 0 Å². The maximum absolute atomic E-state index is 4.36. The van der Waals surface area contributed by atoms with Crippen LogP contribution in [-0.4, -0.2) is 14.5 Å². The van der Waals surface area contributed by atoms with Gasteiger partial charge in [-0.15, -0.1) is 0 Å². The zero-order valence-electron chi connectivity index (χ0n) is 8.74. The zero-order chi connectivity index (χ0) is 10.8. The van der Waals surface area contributed by atoms with Crippen molar-refractivity contribution in [3.05, 3.63) is 60.7 Å². The average molecular weight is 209 g/mol. The van der Waals surface area contributed by atoms with E-state index in [1.807, 2.05) is 49.1 Å². The quantitative estimate of drug-likeness (QED) is 0.649. The van der Waals surface area contributed by atoms with Gasteiger partial charge in [0.1, 0.15) is 0 Å². The number of hydrogen-bond donors (Lipinski definition) is 0. The van der Waals surface area contributed by atoms with Crippen molar-refractivity contribution in [2.45, 2.75) is 6.54 Å². The molecule has 0 aliphatic heterocycles. The maximum Gasteiger partial charge on any atom is 0.0961 e. The van der Waals surface area contributed by atoms with Crippen LogP contribution in [0.15, 0.2) is 55.1 Å². The van der Waals surface area contributed by atoms with Crippen molar-refractivity contribution in [2.75, 3.05) is 0 Å². The molecule has 2 aromatic heterocycles. The fourth-order valence-corrected chi connectivity index (χ4v) is 1.82. The van der Waals surface area contributed by atoms with E-state index in [1.165, 1.54) is 11.1 Å². The van der Waals surface area contributed by atoms with Crippen LogP contribution >= 0.6 is 0 Å². The van der Waals surface area contributed by atoms with Crippen LogP contribution in [0.25, 0.3) is 11.0 Å². The van der Waals surface area contributed by atoms with Gasteiger partial charge in [0.25, 0.3) is 0 Å². The van der Waals surface area contributed by atoms with E-state index in [-0.39, 0.29) is 0 Å². The van der Waals surface area contributed by atoms with E-state index in [0.717, 1.165) is 12.1 Å². The van der Waals surface area contributed by atoms with E-state index >= 15 is 0 Å². The molecule has 0 saturated carbocycles. The zero-order valence-corrected chi connectivity index (χ0v) is 8.74. The average Bonchev–Trinajstić information content (AvgIpc) is 2.74. The summed E-state index contributed by atoms with van der Waals surface area (Å²) in [6.07, 6.45) is 5.51. The van der Waals surface area contributed by atoms with Crippen LogP contribution in [0.4, 0.5) is 0 Å². The second-order valence-electron chi connectivity index (χ2n) is 3.72. The Bertz CT molecular complexity index is 599. The summed E-state index contributed by atoms with van der Waals surface area (Å²) in [4.78, 5) is 8.37. The Kier molecular flexibility index (Phi) is 2.14. The highest BCUT2D eigenvalue weighted by molar-refractivity contribution is 5.75. The number of para-hydroxylation sites is 2. The molecule has 0 fully saturated rings. The van der Waals surface area contributed by atoms with Crippen molar-refractivity contribution < 1.29 is 0 Å². The van der Waals surface area contributed by atoms with Crippen molar-refractivity contribution in [1.82, 2.24) is 14.5 Å². The third-order valence-electron chi connectivity index (χ3n) is 2.63. The molecule has 0 bridgehead atoms. The van der Waals surface area contributed by atoms with Crippen LogP contribution in [0.1, 0.15) is 5.56 Å². The van der Waals surface area contributed by atoms with Gasteiger partial charge in [0.15, 0.2) is 0 Å². The normalized spacial score (nSPS) is 10.8. The fourth-order valence-electron chi connectivity index (χ4n) is 1.82. The number of nitrogens with zero attached hydrogens (tertiary/aromatic N) is 3. The number of fused-ring (bicyclic) bond motifs is 1. The topological polar surface area (TPSA) is 30.7 Å². The highest BCUT2D eigenvalue weighted by Crippen LogP contribution is 2.13.